The molecule has 9 nitrogen and oxygen atoms in total. The van der Waals surface area contributed by atoms with Crippen molar-refractivity contribution in [3.8, 4) is 5.75 Å². The van der Waals surface area contributed by atoms with E-state index in [0.717, 1.165) is 0 Å². The van der Waals surface area contributed by atoms with Gasteiger partial charge in [0.1, 0.15) is 18.5 Å². The van der Waals surface area contributed by atoms with Crippen molar-refractivity contribution in [1.82, 2.24) is 10.2 Å². The molecule has 186 valence electrons. The molecule has 1 saturated heterocycles. The first-order valence-electron chi connectivity index (χ1n) is 11.6. The van der Waals surface area contributed by atoms with E-state index in [9.17, 15) is 14.4 Å². The van der Waals surface area contributed by atoms with Crippen molar-refractivity contribution in [2.75, 3.05) is 30.8 Å². The Hall–Kier alpha value is -3.30. The van der Waals surface area contributed by atoms with E-state index in [1.54, 1.807) is 54.4 Å². The van der Waals surface area contributed by atoms with Crippen LogP contribution >= 0.6 is 11.6 Å². The summed E-state index contributed by atoms with van der Waals surface area (Å²) < 4.78 is 12.1. The maximum atomic E-state index is 13.3. The summed E-state index contributed by atoms with van der Waals surface area (Å²) in [6.07, 6.45) is 1.12. The van der Waals surface area contributed by atoms with Crippen molar-refractivity contribution in [2.45, 2.75) is 44.4 Å². The lowest BCUT2D eigenvalue weighted by atomic mass is 9.94. The van der Waals surface area contributed by atoms with Crippen molar-refractivity contribution in [3.05, 3.63) is 53.1 Å². The van der Waals surface area contributed by atoms with Crippen LogP contribution in [0.25, 0.3) is 0 Å². The number of hydrogen-bond acceptors (Lipinski definition) is 5. The van der Waals surface area contributed by atoms with Gasteiger partial charge in [-0.25, -0.2) is 4.79 Å². The van der Waals surface area contributed by atoms with Gasteiger partial charge in [-0.05, 0) is 56.2 Å². The van der Waals surface area contributed by atoms with Crippen LogP contribution in [0, 0.1) is 0 Å². The van der Waals surface area contributed by atoms with Crippen LogP contribution in [0.15, 0.2) is 42.5 Å². The SMILES string of the molecule is CCNC(=O)C[C@@H]1CC[C@H]2[C@@H](COc3ccc(NC(=O)Nc4cccc(Cl)c4)cc3C(=O)N2C)O1. The fraction of sp³-hybridized carbons (Fsp3) is 0.400. The third-order valence-corrected chi connectivity index (χ3v) is 6.37. The second-order valence-electron chi connectivity index (χ2n) is 8.63. The van der Waals surface area contributed by atoms with Crippen LogP contribution in [-0.2, 0) is 9.53 Å². The molecule has 0 aliphatic carbocycles. The van der Waals surface area contributed by atoms with Crippen molar-refractivity contribution in [3.63, 3.8) is 0 Å². The van der Waals surface area contributed by atoms with E-state index in [2.05, 4.69) is 16.0 Å². The topological polar surface area (TPSA) is 109 Å². The summed E-state index contributed by atoms with van der Waals surface area (Å²) in [5, 5.41) is 8.76. The second-order valence-corrected chi connectivity index (χ2v) is 9.06. The number of benzene rings is 2. The van der Waals surface area contributed by atoms with Crippen molar-refractivity contribution in [2.24, 2.45) is 0 Å². The van der Waals surface area contributed by atoms with Crippen LogP contribution in [-0.4, -0.2) is 61.2 Å². The number of halogens is 1. The monoisotopic (exact) mass is 500 g/mol. The molecule has 2 aliphatic heterocycles. The van der Waals surface area contributed by atoms with Crippen LogP contribution in [0.3, 0.4) is 0 Å². The molecule has 4 amide bonds. The van der Waals surface area contributed by atoms with Gasteiger partial charge in [-0.2, -0.15) is 0 Å². The fourth-order valence-electron chi connectivity index (χ4n) is 4.44. The standard InChI is InChI=1S/C25H29ClN4O5/c1-3-27-23(31)13-18-8-9-20-22(35-18)14-34-21-10-7-17(12-19(21)24(32)30(20)2)29-25(33)28-16-6-4-5-15(26)11-16/h4-7,10-12,18,20,22H,3,8-9,13-14H2,1-2H3,(H,27,31)(H2,28,29,33)/t18-,20-,22+/m0/s1. The third-order valence-electron chi connectivity index (χ3n) is 6.14. The summed E-state index contributed by atoms with van der Waals surface area (Å²) in [5.41, 5.74) is 1.36. The van der Waals surface area contributed by atoms with Gasteiger partial charge in [0, 0.05) is 30.0 Å². The zero-order chi connectivity index (χ0) is 24.9. The molecular formula is C25H29ClN4O5. The summed E-state index contributed by atoms with van der Waals surface area (Å²) in [4.78, 5) is 39.4. The number of urea groups is 1. The molecule has 1 fully saturated rings. The van der Waals surface area contributed by atoms with Gasteiger partial charge in [-0.3, -0.25) is 9.59 Å². The first-order valence-corrected chi connectivity index (χ1v) is 12.0. The number of fused-ring (bicyclic) bond motifs is 2. The van der Waals surface area contributed by atoms with Crippen molar-refractivity contribution in [1.29, 1.82) is 0 Å². The number of carbonyl (C=O) groups is 3. The summed E-state index contributed by atoms with van der Waals surface area (Å²) in [6.45, 7) is 2.71. The maximum absolute atomic E-state index is 13.3. The normalized spacial score (nSPS) is 21.5. The molecule has 2 heterocycles. The van der Waals surface area contributed by atoms with E-state index in [0.29, 0.717) is 47.1 Å². The number of nitrogens with zero attached hydrogens (tertiary/aromatic N) is 1. The molecule has 0 spiro atoms. The number of hydrogen-bond donors (Lipinski definition) is 3. The number of ether oxygens (including phenoxy) is 2. The van der Waals surface area contributed by atoms with Gasteiger partial charge < -0.3 is 30.3 Å². The smallest absolute Gasteiger partial charge is 0.323 e. The largest absolute Gasteiger partial charge is 0.490 e. The minimum Gasteiger partial charge on any atom is -0.490 e. The third kappa shape index (κ3) is 6.04. The Balaban J connectivity index is 1.45. The van der Waals surface area contributed by atoms with Crippen LogP contribution < -0.4 is 20.7 Å². The van der Waals surface area contributed by atoms with Crippen molar-refractivity contribution < 1.29 is 23.9 Å². The highest BCUT2D eigenvalue weighted by Crippen LogP contribution is 2.32. The lowest BCUT2D eigenvalue weighted by Gasteiger charge is -2.42. The van der Waals surface area contributed by atoms with Gasteiger partial charge >= 0.3 is 6.03 Å². The predicted octanol–water partition coefficient (Wildman–Crippen LogP) is 3.89. The molecule has 0 bridgehead atoms. The number of likely N-dealkylation sites (N-methyl/N-ethyl adjacent to an activating group) is 1. The maximum Gasteiger partial charge on any atom is 0.323 e. The highest BCUT2D eigenvalue weighted by molar-refractivity contribution is 6.30. The first kappa shape index (κ1) is 24.8. The van der Waals surface area contributed by atoms with Crippen LogP contribution in [0.4, 0.5) is 16.2 Å². The van der Waals surface area contributed by atoms with Crippen LogP contribution in [0.2, 0.25) is 5.02 Å². The Labute approximate surface area is 209 Å². The summed E-state index contributed by atoms with van der Waals surface area (Å²) in [7, 11) is 1.74. The molecule has 3 atom stereocenters. The van der Waals surface area contributed by atoms with Gasteiger partial charge in [0.2, 0.25) is 5.91 Å². The number of amides is 4. The average molecular weight is 501 g/mol. The predicted molar refractivity (Wildman–Crippen MR) is 133 cm³/mol. The van der Waals surface area contributed by atoms with Gasteiger partial charge in [0.05, 0.1) is 24.1 Å². The minimum atomic E-state index is -0.460. The van der Waals surface area contributed by atoms with Gasteiger partial charge in [0.25, 0.3) is 5.91 Å². The molecule has 2 aromatic carbocycles. The minimum absolute atomic E-state index is 0.0445. The molecule has 0 unspecified atom stereocenters. The quantitative estimate of drug-likeness (QED) is 0.577. The Morgan fingerprint density at radius 3 is 2.63 bits per heavy atom. The van der Waals surface area contributed by atoms with E-state index >= 15 is 0 Å². The number of anilines is 2. The van der Waals surface area contributed by atoms with Gasteiger partial charge in [0.15, 0.2) is 0 Å². The Morgan fingerprint density at radius 2 is 1.89 bits per heavy atom. The van der Waals surface area contributed by atoms with Crippen LogP contribution in [0.5, 0.6) is 5.75 Å². The van der Waals surface area contributed by atoms with E-state index in [1.165, 1.54) is 0 Å². The van der Waals surface area contributed by atoms with E-state index < -0.39 is 6.03 Å². The van der Waals surface area contributed by atoms with Gasteiger partial charge in [-0.1, -0.05) is 17.7 Å². The summed E-state index contributed by atoms with van der Waals surface area (Å²) >= 11 is 5.96. The molecule has 2 aliphatic rings. The van der Waals surface area contributed by atoms with E-state index in [-0.39, 0.29) is 43.1 Å². The lowest BCUT2D eigenvalue weighted by molar-refractivity contribution is -0.133. The molecule has 35 heavy (non-hydrogen) atoms. The van der Waals surface area contributed by atoms with Gasteiger partial charge in [-0.15, -0.1) is 0 Å². The number of carbonyl (C=O) groups excluding carboxylic acids is 3. The summed E-state index contributed by atoms with van der Waals surface area (Å²) in [5.74, 6) is 0.145. The number of nitrogens with one attached hydrogen (secondary N) is 3. The van der Waals surface area contributed by atoms with E-state index in [4.69, 9.17) is 21.1 Å². The van der Waals surface area contributed by atoms with Crippen LogP contribution in [0.1, 0.15) is 36.5 Å². The Kier molecular flexibility index (Phi) is 7.77. The average Bonchev–Trinajstić information content (AvgIpc) is 2.82. The molecule has 0 saturated carbocycles. The molecule has 10 heteroatoms. The molecule has 2 aromatic rings. The molecule has 0 radical (unpaired) electrons. The fourth-order valence-corrected chi connectivity index (χ4v) is 4.63. The second kappa shape index (κ2) is 11.0. The molecule has 3 N–H and O–H groups in total. The Bertz CT molecular complexity index is 1110. The Morgan fingerprint density at radius 1 is 1.11 bits per heavy atom. The lowest BCUT2D eigenvalue weighted by Crippen LogP contribution is -2.54. The zero-order valence-electron chi connectivity index (χ0n) is 19.7. The first-order chi connectivity index (χ1) is 16.8. The molecule has 4 rings (SSSR count). The zero-order valence-corrected chi connectivity index (χ0v) is 20.4. The highest BCUT2D eigenvalue weighted by atomic mass is 35.5. The molecular weight excluding hydrogens is 472 g/mol. The summed E-state index contributed by atoms with van der Waals surface area (Å²) in [6, 6.07) is 11.1. The van der Waals surface area contributed by atoms with E-state index in [1.807, 2.05) is 6.92 Å². The number of rotatable bonds is 5. The highest BCUT2D eigenvalue weighted by Gasteiger charge is 2.39. The molecule has 0 aromatic heterocycles. The van der Waals surface area contributed by atoms with Crippen molar-refractivity contribution >= 4 is 40.8 Å².